The molecule has 3 rings (SSSR count). The Morgan fingerprint density at radius 3 is 2.83 bits per heavy atom. The van der Waals surface area contributed by atoms with Gasteiger partial charge in [-0.1, -0.05) is 11.8 Å². The number of aromatic amines is 1. The lowest BCUT2D eigenvalue weighted by Crippen LogP contribution is -2.37. The van der Waals surface area contributed by atoms with Gasteiger partial charge in [-0.25, -0.2) is 19.8 Å². The first-order valence-corrected chi connectivity index (χ1v) is 10.6. The van der Waals surface area contributed by atoms with Crippen molar-refractivity contribution in [1.29, 1.82) is 0 Å². The summed E-state index contributed by atoms with van der Waals surface area (Å²) in [6, 6.07) is 2.01. The minimum absolute atomic E-state index is 0.398. The Morgan fingerprint density at radius 1 is 1.42 bits per heavy atom. The van der Waals surface area contributed by atoms with E-state index in [2.05, 4.69) is 24.6 Å². The summed E-state index contributed by atoms with van der Waals surface area (Å²) >= 11 is 1.53. The van der Waals surface area contributed by atoms with E-state index in [1.807, 2.05) is 18.5 Å². The highest BCUT2D eigenvalue weighted by atomic mass is 32.2. The van der Waals surface area contributed by atoms with Crippen LogP contribution in [0, 0.1) is 5.92 Å². The first kappa shape index (κ1) is 17.5. The Bertz CT molecular complexity index is 799. The van der Waals surface area contributed by atoms with Crippen LogP contribution >= 0.6 is 11.8 Å². The zero-order chi connectivity index (χ0) is 17.2. The van der Waals surface area contributed by atoms with Crippen LogP contribution in [0.15, 0.2) is 17.4 Å². The van der Waals surface area contributed by atoms with Crippen LogP contribution in [0.2, 0.25) is 0 Å². The molecule has 2 aromatic rings. The molecule has 0 radical (unpaired) electrons. The molecule has 0 saturated carbocycles. The van der Waals surface area contributed by atoms with E-state index in [4.69, 9.17) is 5.14 Å². The highest BCUT2D eigenvalue weighted by Crippen LogP contribution is 2.30. The van der Waals surface area contributed by atoms with Crippen LogP contribution < -0.4 is 14.8 Å². The van der Waals surface area contributed by atoms with E-state index in [1.165, 1.54) is 11.8 Å². The SMILES string of the molecule is CSc1nc(N2CCC(CCNS(N)(=O)=O)CC2)c2cc[nH]c2n1. The maximum Gasteiger partial charge on any atom is 0.274 e. The van der Waals surface area contributed by atoms with Crippen molar-refractivity contribution in [3.05, 3.63) is 12.3 Å². The number of nitrogens with one attached hydrogen (secondary N) is 2. The summed E-state index contributed by atoms with van der Waals surface area (Å²) in [6.07, 6.45) is 6.69. The van der Waals surface area contributed by atoms with E-state index >= 15 is 0 Å². The predicted octanol–water partition coefficient (Wildman–Crippen LogP) is 1.08. The number of thioether (sulfide) groups is 1. The lowest BCUT2D eigenvalue weighted by Gasteiger charge is -2.33. The molecular formula is C14H22N6O2S2. The summed E-state index contributed by atoms with van der Waals surface area (Å²) in [5.74, 6) is 1.48. The molecule has 1 aliphatic rings. The van der Waals surface area contributed by atoms with E-state index in [0.717, 1.165) is 54.4 Å². The van der Waals surface area contributed by atoms with Gasteiger partial charge in [-0.15, -0.1) is 0 Å². The number of fused-ring (bicyclic) bond motifs is 1. The molecule has 10 heteroatoms. The van der Waals surface area contributed by atoms with Gasteiger partial charge in [0.25, 0.3) is 10.2 Å². The largest absolute Gasteiger partial charge is 0.356 e. The second kappa shape index (κ2) is 7.26. The van der Waals surface area contributed by atoms with E-state index in [0.29, 0.717) is 12.5 Å². The smallest absolute Gasteiger partial charge is 0.274 e. The van der Waals surface area contributed by atoms with Gasteiger partial charge in [0.15, 0.2) is 5.16 Å². The average molecular weight is 371 g/mol. The molecule has 0 unspecified atom stereocenters. The molecule has 0 aliphatic carbocycles. The van der Waals surface area contributed by atoms with Crippen molar-refractivity contribution in [2.75, 3.05) is 30.8 Å². The fourth-order valence-corrected chi connectivity index (χ4v) is 3.84. The molecule has 2 aromatic heterocycles. The van der Waals surface area contributed by atoms with Crippen LogP contribution in [0.3, 0.4) is 0 Å². The third-order valence-corrected chi connectivity index (χ3v) is 5.48. The third kappa shape index (κ3) is 4.18. The van der Waals surface area contributed by atoms with Crippen LogP contribution in [0.1, 0.15) is 19.3 Å². The van der Waals surface area contributed by atoms with Crippen LogP contribution in [-0.2, 0) is 10.2 Å². The summed E-state index contributed by atoms with van der Waals surface area (Å²) in [5, 5.41) is 6.76. The van der Waals surface area contributed by atoms with Crippen LogP contribution in [0.25, 0.3) is 11.0 Å². The summed E-state index contributed by atoms with van der Waals surface area (Å²) < 4.78 is 24.2. The van der Waals surface area contributed by atoms with Crippen LogP contribution in [0.4, 0.5) is 5.82 Å². The lowest BCUT2D eigenvalue weighted by atomic mass is 9.93. The summed E-state index contributed by atoms with van der Waals surface area (Å²) in [5.41, 5.74) is 0.865. The highest BCUT2D eigenvalue weighted by molar-refractivity contribution is 7.98. The first-order chi connectivity index (χ1) is 11.5. The number of hydrogen-bond acceptors (Lipinski definition) is 6. The topological polar surface area (TPSA) is 117 Å². The van der Waals surface area contributed by atoms with E-state index < -0.39 is 10.2 Å². The van der Waals surface area contributed by atoms with Gasteiger partial charge in [0, 0.05) is 25.8 Å². The second-order valence-electron chi connectivity index (χ2n) is 5.93. The van der Waals surface area contributed by atoms with Crippen molar-refractivity contribution in [2.24, 2.45) is 11.1 Å². The van der Waals surface area contributed by atoms with Crippen molar-refractivity contribution in [2.45, 2.75) is 24.4 Å². The number of H-pyrrole nitrogens is 1. The van der Waals surface area contributed by atoms with Gasteiger partial charge in [-0.3, -0.25) is 0 Å². The molecule has 0 amide bonds. The molecule has 0 atom stereocenters. The molecule has 8 nitrogen and oxygen atoms in total. The van der Waals surface area contributed by atoms with Gasteiger partial charge in [-0.2, -0.15) is 8.42 Å². The van der Waals surface area contributed by atoms with Gasteiger partial charge >= 0.3 is 0 Å². The van der Waals surface area contributed by atoms with E-state index in [9.17, 15) is 8.42 Å². The Kier molecular flexibility index (Phi) is 5.28. The van der Waals surface area contributed by atoms with Crippen molar-refractivity contribution in [1.82, 2.24) is 19.7 Å². The number of rotatable bonds is 6. The maximum absolute atomic E-state index is 10.9. The van der Waals surface area contributed by atoms with Gasteiger partial charge in [0.05, 0.1) is 5.39 Å². The Balaban J connectivity index is 1.63. The van der Waals surface area contributed by atoms with Gasteiger partial charge in [0.1, 0.15) is 11.5 Å². The van der Waals surface area contributed by atoms with E-state index in [-0.39, 0.29) is 0 Å². The average Bonchev–Trinajstić information content (AvgIpc) is 3.02. The normalized spacial score (nSPS) is 16.8. The van der Waals surface area contributed by atoms with Gasteiger partial charge in [-0.05, 0) is 37.5 Å². The minimum Gasteiger partial charge on any atom is -0.356 e. The van der Waals surface area contributed by atoms with Gasteiger partial charge in [0.2, 0.25) is 0 Å². The van der Waals surface area contributed by atoms with Crippen LogP contribution in [-0.4, -0.2) is 49.3 Å². The molecule has 1 saturated heterocycles. The maximum atomic E-state index is 10.9. The molecule has 1 fully saturated rings. The van der Waals surface area contributed by atoms with Crippen LogP contribution in [0.5, 0.6) is 0 Å². The molecule has 3 heterocycles. The Hall–Kier alpha value is -1.36. The summed E-state index contributed by atoms with van der Waals surface area (Å²) in [6.45, 7) is 2.21. The molecular weight excluding hydrogens is 348 g/mol. The van der Waals surface area contributed by atoms with E-state index in [1.54, 1.807) is 0 Å². The Labute approximate surface area is 145 Å². The number of nitrogens with zero attached hydrogens (tertiary/aromatic N) is 3. The standard InChI is InChI=1S/C14H22N6O2S2/c1-23-14-18-12-11(3-6-16-12)13(19-14)20-8-4-10(5-9-20)2-7-17-24(15,21)22/h3,6,10,17H,2,4-5,7-9H2,1H3,(H2,15,21,22)(H,16,18,19). The first-order valence-electron chi connectivity index (χ1n) is 7.88. The quantitative estimate of drug-likeness (QED) is 0.517. The fraction of sp³-hybridized carbons (Fsp3) is 0.571. The molecule has 0 spiro atoms. The Morgan fingerprint density at radius 2 is 2.17 bits per heavy atom. The number of nitrogens with two attached hydrogens (primary N) is 1. The summed E-state index contributed by atoms with van der Waals surface area (Å²) in [7, 11) is -3.59. The summed E-state index contributed by atoms with van der Waals surface area (Å²) in [4.78, 5) is 14.6. The number of anilines is 1. The molecule has 4 N–H and O–H groups in total. The monoisotopic (exact) mass is 370 g/mol. The number of piperidine rings is 1. The molecule has 1 aliphatic heterocycles. The van der Waals surface area contributed by atoms with Gasteiger partial charge < -0.3 is 9.88 Å². The highest BCUT2D eigenvalue weighted by Gasteiger charge is 2.22. The fourth-order valence-electron chi connectivity index (χ4n) is 3.08. The third-order valence-electron chi connectivity index (χ3n) is 4.33. The zero-order valence-electron chi connectivity index (χ0n) is 13.5. The predicted molar refractivity (Wildman–Crippen MR) is 96.3 cm³/mol. The number of hydrogen-bond donors (Lipinski definition) is 3. The zero-order valence-corrected chi connectivity index (χ0v) is 15.2. The molecule has 132 valence electrons. The molecule has 0 bridgehead atoms. The molecule has 0 aromatic carbocycles. The van der Waals surface area contributed by atoms with Crippen molar-refractivity contribution in [3.8, 4) is 0 Å². The van der Waals surface area contributed by atoms with Crippen molar-refractivity contribution in [3.63, 3.8) is 0 Å². The van der Waals surface area contributed by atoms with Crippen molar-refractivity contribution >= 4 is 38.8 Å². The number of aromatic nitrogens is 3. The van der Waals surface area contributed by atoms with Crippen molar-refractivity contribution < 1.29 is 8.42 Å². The molecule has 24 heavy (non-hydrogen) atoms. The second-order valence-corrected chi connectivity index (χ2v) is 8.08. The minimum atomic E-state index is -3.59. The lowest BCUT2D eigenvalue weighted by molar-refractivity contribution is 0.380.